The van der Waals surface area contributed by atoms with E-state index in [0.717, 1.165) is 6.29 Å². The third-order valence-corrected chi connectivity index (χ3v) is 2.29. The molecule has 0 aromatic carbocycles. The minimum atomic E-state index is -0.638. The first kappa shape index (κ1) is 8.91. The van der Waals surface area contributed by atoms with Crippen LogP contribution in [0, 0.1) is 5.41 Å². The summed E-state index contributed by atoms with van der Waals surface area (Å²) >= 11 is 0. The molecule has 1 aliphatic rings. The lowest BCUT2D eigenvalue weighted by atomic mass is 9.75. The van der Waals surface area contributed by atoms with Gasteiger partial charge in [0.1, 0.15) is 6.29 Å². The van der Waals surface area contributed by atoms with Gasteiger partial charge in [-0.05, 0) is 26.3 Å². The highest BCUT2D eigenvalue weighted by molar-refractivity contribution is 6.06. The van der Waals surface area contributed by atoms with E-state index in [4.69, 9.17) is 0 Å². The van der Waals surface area contributed by atoms with E-state index in [1.54, 1.807) is 32.9 Å². The maximum atomic E-state index is 11.5. The van der Waals surface area contributed by atoms with Crippen LogP contribution in [0.3, 0.4) is 0 Å². The van der Waals surface area contributed by atoms with Crippen LogP contribution in [0.1, 0.15) is 20.8 Å². The van der Waals surface area contributed by atoms with Gasteiger partial charge in [-0.3, -0.25) is 9.59 Å². The number of Topliss-reactive ketones (excluding diaryl/α,β-unsaturated/α-hetero) is 1. The van der Waals surface area contributed by atoms with Crippen LogP contribution in [0.4, 0.5) is 0 Å². The maximum Gasteiger partial charge on any atom is 0.168 e. The van der Waals surface area contributed by atoms with Crippen LogP contribution < -0.4 is 0 Å². The van der Waals surface area contributed by atoms with Crippen molar-refractivity contribution in [2.45, 2.75) is 20.8 Å². The minimum absolute atomic E-state index is 0.0344. The molecule has 1 rings (SSSR count). The van der Waals surface area contributed by atoms with Crippen LogP contribution in [-0.2, 0) is 9.59 Å². The monoisotopic (exact) mass is 164 g/mol. The third kappa shape index (κ3) is 1.13. The summed E-state index contributed by atoms with van der Waals surface area (Å²) in [6.07, 6.45) is 4.15. The van der Waals surface area contributed by atoms with Crippen LogP contribution in [0.2, 0.25) is 0 Å². The van der Waals surface area contributed by atoms with Gasteiger partial charge in [-0.25, -0.2) is 0 Å². The standard InChI is InChI=1S/C10H12O2/c1-7-4-5-8(6-11)10(2,3)9(7)12/h4-6H,1-3H3. The molecule has 0 amide bonds. The largest absolute Gasteiger partial charge is 0.298 e. The summed E-state index contributed by atoms with van der Waals surface area (Å²) < 4.78 is 0. The molecule has 0 aliphatic heterocycles. The molecule has 0 saturated carbocycles. The SMILES string of the molecule is CC1=CC=C(C=O)C(C)(C)C1=O. The Bertz CT molecular complexity index is 293. The van der Waals surface area contributed by atoms with E-state index < -0.39 is 5.41 Å². The Morgan fingerprint density at radius 3 is 2.42 bits per heavy atom. The van der Waals surface area contributed by atoms with Gasteiger partial charge in [-0.1, -0.05) is 12.2 Å². The van der Waals surface area contributed by atoms with Crippen LogP contribution >= 0.6 is 0 Å². The average molecular weight is 164 g/mol. The molecule has 2 heteroatoms. The molecule has 0 bridgehead atoms. The zero-order chi connectivity index (χ0) is 9.35. The van der Waals surface area contributed by atoms with Gasteiger partial charge in [0.15, 0.2) is 5.78 Å². The van der Waals surface area contributed by atoms with Gasteiger partial charge in [0.05, 0.1) is 5.41 Å². The molecule has 1 aliphatic carbocycles. The lowest BCUT2D eigenvalue weighted by molar-refractivity contribution is -0.123. The fraction of sp³-hybridized carbons (Fsp3) is 0.400. The molecule has 0 saturated heterocycles. The number of allylic oxidation sites excluding steroid dienone is 4. The Balaban J connectivity index is 3.20. The van der Waals surface area contributed by atoms with Crippen molar-refractivity contribution in [3.63, 3.8) is 0 Å². The third-order valence-electron chi connectivity index (χ3n) is 2.29. The van der Waals surface area contributed by atoms with Gasteiger partial charge >= 0.3 is 0 Å². The van der Waals surface area contributed by atoms with Gasteiger partial charge in [0.25, 0.3) is 0 Å². The summed E-state index contributed by atoms with van der Waals surface area (Å²) in [5.41, 5.74) is 0.629. The van der Waals surface area contributed by atoms with Gasteiger partial charge in [0, 0.05) is 5.57 Å². The second-order valence-electron chi connectivity index (χ2n) is 3.54. The average Bonchev–Trinajstić information content (AvgIpc) is 2.01. The number of carbonyl (C=O) groups is 2. The van der Waals surface area contributed by atoms with E-state index in [-0.39, 0.29) is 5.78 Å². The van der Waals surface area contributed by atoms with E-state index in [1.807, 2.05) is 0 Å². The first-order chi connectivity index (χ1) is 5.50. The fourth-order valence-electron chi connectivity index (χ4n) is 1.31. The molecule has 0 atom stereocenters. The zero-order valence-electron chi connectivity index (χ0n) is 7.55. The molecule has 0 aromatic rings. The van der Waals surface area contributed by atoms with Crippen LogP contribution in [0.15, 0.2) is 23.3 Å². The Kier molecular flexibility index (Phi) is 2.01. The molecule has 0 fully saturated rings. The first-order valence-electron chi connectivity index (χ1n) is 3.89. The quantitative estimate of drug-likeness (QED) is 0.552. The number of hydrogen-bond donors (Lipinski definition) is 0. The van der Waals surface area contributed by atoms with E-state index in [1.165, 1.54) is 0 Å². The van der Waals surface area contributed by atoms with E-state index >= 15 is 0 Å². The molecule has 0 N–H and O–H groups in total. The Morgan fingerprint density at radius 1 is 1.33 bits per heavy atom. The number of ketones is 1. The van der Waals surface area contributed by atoms with E-state index in [0.29, 0.717) is 11.1 Å². The molecule has 0 radical (unpaired) electrons. The summed E-state index contributed by atoms with van der Waals surface area (Å²) in [6, 6.07) is 0. The van der Waals surface area contributed by atoms with Crippen molar-refractivity contribution in [1.29, 1.82) is 0 Å². The number of carbonyl (C=O) groups excluding carboxylic acids is 2. The van der Waals surface area contributed by atoms with Crippen molar-refractivity contribution in [2.75, 3.05) is 0 Å². The second kappa shape index (κ2) is 2.70. The summed E-state index contributed by atoms with van der Waals surface area (Å²) in [5, 5.41) is 0. The smallest absolute Gasteiger partial charge is 0.168 e. The molecular weight excluding hydrogens is 152 g/mol. The molecular formula is C10H12O2. The number of aldehydes is 1. The van der Waals surface area contributed by atoms with Crippen molar-refractivity contribution in [1.82, 2.24) is 0 Å². The number of hydrogen-bond acceptors (Lipinski definition) is 2. The molecule has 0 unspecified atom stereocenters. The lowest BCUT2D eigenvalue weighted by Crippen LogP contribution is -2.30. The van der Waals surface area contributed by atoms with Gasteiger partial charge < -0.3 is 0 Å². The summed E-state index contributed by atoms with van der Waals surface area (Å²) in [4.78, 5) is 22.1. The predicted molar refractivity (Wildman–Crippen MR) is 46.7 cm³/mol. The van der Waals surface area contributed by atoms with E-state index in [9.17, 15) is 9.59 Å². The van der Waals surface area contributed by atoms with Gasteiger partial charge in [0.2, 0.25) is 0 Å². The van der Waals surface area contributed by atoms with Gasteiger partial charge in [-0.15, -0.1) is 0 Å². The maximum absolute atomic E-state index is 11.5. The van der Waals surface area contributed by atoms with Crippen LogP contribution in [-0.4, -0.2) is 12.1 Å². The highest BCUT2D eigenvalue weighted by Gasteiger charge is 2.34. The van der Waals surface area contributed by atoms with Crippen molar-refractivity contribution in [2.24, 2.45) is 5.41 Å². The Labute approximate surface area is 72.0 Å². The Morgan fingerprint density at radius 2 is 1.92 bits per heavy atom. The van der Waals surface area contributed by atoms with Crippen molar-refractivity contribution >= 4 is 12.1 Å². The molecule has 2 nitrogen and oxygen atoms in total. The van der Waals surface area contributed by atoms with Crippen molar-refractivity contribution in [3.05, 3.63) is 23.3 Å². The Hall–Kier alpha value is -1.18. The fourth-order valence-corrected chi connectivity index (χ4v) is 1.31. The molecule has 64 valence electrons. The van der Waals surface area contributed by atoms with Gasteiger partial charge in [-0.2, -0.15) is 0 Å². The normalized spacial score (nSPS) is 21.4. The summed E-state index contributed by atoms with van der Waals surface area (Å²) in [6.45, 7) is 5.31. The topological polar surface area (TPSA) is 34.1 Å². The second-order valence-corrected chi connectivity index (χ2v) is 3.54. The zero-order valence-corrected chi connectivity index (χ0v) is 7.55. The highest BCUT2D eigenvalue weighted by Crippen LogP contribution is 2.32. The molecule has 12 heavy (non-hydrogen) atoms. The molecule has 0 heterocycles. The first-order valence-corrected chi connectivity index (χ1v) is 3.89. The van der Waals surface area contributed by atoms with Crippen LogP contribution in [0.25, 0.3) is 0 Å². The van der Waals surface area contributed by atoms with Crippen molar-refractivity contribution < 1.29 is 9.59 Å². The van der Waals surface area contributed by atoms with E-state index in [2.05, 4.69) is 0 Å². The minimum Gasteiger partial charge on any atom is -0.298 e. The molecule has 0 aromatic heterocycles. The number of rotatable bonds is 1. The summed E-state index contributed by atoms with van der Waals surface area (Å²) in [7, 11) is 0. The summed E-state index contributed by atoms with van der Waals surface area (Å²) in [5.74, 6) is 0.0344. The lowest BCUT2D eigenvalue weighted by Gasteiger charge is -2.26. The highest BCUT2D eigenvalue weighted by atomic mass is 16.1. The molecule has 0 spiro atoms. The predicted octanol–water partition coefficient (Wildman–Crippen LogP) is 1.67. The van der Waals surface area contributed by atoms with Crippen LogP contribution in [0.5, 0.6) is 0 Å². The van der Waals surface area contributed by atoms with Crippen molar-refractivity contribution in [3.8, 4) is 0 Å².